The molecule has 5 heteroatoms. The minimum Gasteiger partial charge on any atom is -0.462 e. The second-order valence-corrected chi connectivity index (χ2v) is 23.2. The predicted molar refractivity (Wildman–Crippen MR) is 352 cm³/mol. The fraction of sp³-hybridized carbons (Fsp3) is 0.760. The van der Waals surface area contributed by atoms with Gasteiger partial charge < -0.3 is 14.6 Å². The van der Waals surface area contributed by atoms with Gasteiger partial charge in [0.2, 0.25) is 0 Å². The number of carbonyl (C=O) groups excluding carboxylic acids is 2. The molecule has 0 aliphatic carbocycles. The minimum atomic E-state index is -0.786. The van der Waals surface area contributed by atoms with E-state index in [0.717, 1.165) is 89.9 Å². The lowest BCUT2D eigenvalue weighted by Gasteiger charge is -2.15. The van der Waals surface area contributed by atoms with Gasteiger partial charge in [-0.2, -0.15) is 0 Å². The number of hydrogen-bond acceptors (Lipinski definition) is 5. The molecule has 0 saturated carbocycles. The third-order valence-electron chi connectivity index (χ3n) is 15.4. The van der Waals surface area contributed by atoms with Crippen LogP contribution in [0.3, 0.4) is 0 Å². The van der Waals surface area contributed by atoms with Crippen LogP contribution in [-0.4, -0.2) is 36.4 Å². The van der Waals surface area contributed by atoms with Gasteiger partial charge in [0.15, 0.2) is 6.10 Å². The summed E-state index contributed by atoms with van der Waals surface area (Å²) in [5.41, 5.74) is 0. The average molecular weight is 1110 g/mol. The fourth-order valence-corrected chi connectivity index (χ4v) is 10.2. The highest BCUT2D eigenvalue weighted by Gasteiger charge is 2.16. The summed E-state index contributed by atoms with van der Waals surface area (Å²) in [5.74, 6) is -0.598. The van der Waals surface area contributed by atoms with Crippen molar-refractivity contribution in [1.82, 2.24) is 0 Å². The van der Waals surface area contributed by atoms with Crippen LogP contribution < -0.4 is 0 Å². The molecule has 0 rings (SSSR count). The number of esters is 2. The normalized spacial score (nSPS) is 12.8. The van der Waals surface area contributed by atoms with Crippen molar-refractivity contribution in [2.24, 2.45) is 0 Å². The molecule has 0 heterocycles. The second kappa shape index (κ2) is 70.1. The summed E-state index contributed by atoms with van der Waals surface area (Å²) in [7, 11) is 0. The third-order valence-corrected chi connectivity index (χ3v) is 15.4. The van der Waals surface area contributed by atoms with Gasteiger partial charge in [0.1, 0.15) is 6.61 Å². The van der Waals surface area contributed by atoms with Crippen LogP contribution in [0.15, 0.2) is 97.2 Å². The van der Waals surface area contributed by atoms with E-state index in [1.54, 1.807) is 0 Å². The summed E-state index contributed by atoms with van der Waals surface area (Å²) in [6.07, 6.45) is 100. The van der Waals surface area contributed by atoms with Gasteiger partial charge in [0.05, 0.1) is 6.61 Å². The quantitative estimate of drug-likeness (QED) is 0.0373. The molecule has 0 amide bonds. The predicted octanol–water partition coefficient (Wildman–Crippen LogP) is 24.2. The smallest absolute Gasteiger partial charge is 0.306 e. The van der Waals surface area contributed by atoms with Crippen molar-refractivity contribution in [2.75, 3.05) is 13.2 Å². The minimum absolute atomic E-state index is 0.0733. The number of rotatable bonds is 64. The first-order chi connectivity index (χ1) is 39.6. The molecule has 0 fully saturated rings. The molecule has 0 aliphatic rings. The summed E-state index contributed by atoms with van der Waals surface area (Å²) in [4.78, 5) is 24.6. The molecule has 1 unspecified atom stereocenters. The maximum Gasteiger partial charge on any atom is 0.306 e. The van der Waals surface area contributed by atoms with E-state index in [1.165, 1.54) is 231 Å². The molecule has 0 aromatic carbocycles. The Morgan fingerprint density at radius 1 is 0.300 bits per heavy atom. The molecule has 0 bridgehead atoms. The Morgan fingerprint density at radius 3 is 0.812 bits per heavy atom. The number of carbonyl (C=O) groups is 2. The molecule has 0 saturated heterocycles. The Labute approximate surface area is 498 Å². The zero-order valence-corrected chi connectivity index (χ0v) is 53.1. The molecule has 80 heavy (non-hydrogen) atoms. The van der Waals surface area contributed by atoms with Crippen LogP contribution in [0.2, 0.25) is 0 Å². The molecule has 0 spiro atoms. The van der Waals surface area contributed by atoms with E-state index in [0.29, 0.717) is 12.8 Å². The van der Waals surface area contributed by atoms with Crippen molar-refractivity contribution in [2.45, 2.75) is 354 Å². The van der Waals surface area contributed by atoms with Gasteiger partial charge in [-0.1, -0.05) is 336 Å². The number of ether oxygens (including phenoxy) is 2. The van der Waals surface area contributed by atoms with Gasteiger partial charge in [0, 0.05) is 12.8 Å². The lowest BCUT2D eigenvalue weighted by Crippen LogP contribution is -2.28. The molecule has 0 aliphatic heterocycles. The monoisotopic (exact) mass is 1110 g/mol. The molecule has 5 nitrogen and oxygen atoms in total. The SMILES string of the molecule is CC/C=C\C/C=C\C/C=C\C/C=C\C/C=C\C/C=C\CCCCCCCCC(=O)OC(CO)COC(=O)CCCCCCCCCCCCCCCCCCCCCCCCCCCCCCC/C=C\C/C=C\CCCCCCC. The van der Waals surface area contributed by atoms with E-state index >= 15 is 0 Å². The highest BCUT2D eigenvalue weighted by Crippen LogP contribution is 2.18. The highest BCUT2D eigenvalue weighted by atomic mass is 16.6. The van der Waals surface area contributed by atoms with Crippen molar-refractivity contribution in [3.8, 4) is 0 Å². The molecular weight excluding hydrogens is 981 g/mol. The van der Waals surface area contributed by atoms with Crippen molar-refractivity contribution >= 4 is 11.9 Å². The number of aliphatic hydroxyl groups excluding tert-OH is 1. The summed E-state index contributed by atoms with van der Waals surface area (Å²) >= 11 is 0. The highest BCUT2D eigenvalue weighted by molar-refractivity contribution is 5.70. The van der Waals surface area contributed by atoms with E-state index in [-0.39, 0.29) is 25.2 Å². The first-order valence-corrected chi connectivity index (χ1v) is 34.8. The Balaban J connectivity index is 3.42. The maximum absolute atomic E-state index is 12.3. The van der Waals surface area contributed by atoms with Gasteiger partial charge >= 0.3 is 11.9 Å². The van der Waals surface area contributed by atoms with Crippen molar-refractivity contribution in [1.29, 1.82) is 0 Å². The van der Waals surface area contributed by atoms with E-state index in [1.807, 2.05) is 0 Å². The first kappa shape index (κ1) is 76.8. The van der Waals surface area contributed by atoms with Crippen molar-refractivity contribution in [3.63, 3.8) is 0 Å². The number of allylic oxidation sites excluding steroid dienone is 16. The fourth-order valence-electron chi connectivity index (χ4n) is 10.2. The van der Waals surface area contributed by atoms with E-state index in [4.69, 9.17) is 9.47 Å². The Kier molecular flexibility index (Phi) is 67.3. The summed E-state index contributed by atoms with van der Waals surface area (Å²) in [5, 5.41) is 9.69. The second-order valence-electron chi connectivity index (χ2n) is 23.2. The average Bonchev–Trinajstić information content (AvgIpc) is 3.46. The van der Waals surface area contributed by atoms with Crippen molar-refractivity contribution < 1.29 is 24.2 Å². The molecule has 0 aromatic heterocycles. The van der Waals surface area contributed by atoms with Gasteiger partial charge in [-0.3, -0.25) is 9.59 Å². The Morgan fingerprint density at radius 2 is 0.537 bits per heavy atom. The topological polar surface area (TPSA) is 72.8 Å². The molecule has 0 aromatic rings. The van der Waals surface area contributed by atoms with Crippen LogP contribution in [-0.2, 0) is 19.1 Å². The van der Waals surface area contributed by atoms with Crippen LogP contribution in [0.4, 0.5) is 0 Å². The number of hydrogen-bond donors (Lipinski definition) is 1. The molecular formula is C75H132O5. The third kappa shape index (κ3) is 67.3. The van der Waals surface area contributed by atoms with Gasteiger partial charge in [-0.05, 0) is 96.3 Å². The summed E-state index contributed by atoms with van der Waals surface area (Å²) in [6.45, 7) is 4.03. The van der Waals surface area contributed by atoms with Crippen LogP contribution in [0, 0.1) is 0 Å². The molecule has 1 N–H and O–H groups in total. The zero-order valence-electron chi connectivity index (χ0n) is 53.1. The Bertz CT molecular complexity index is 1500. The largest absolute Gasteiger partial charge is 0.462 e. The number of aliphatic hydroxyl groups is 1. The molecule has 1 atom stereocenters. The van der Waals surface area contributed by atoms with E-state index in [2.05, 4.69) is 111 Å². The van der Waals surface area contributed by atoms with Crippen LogP contribution >= 0.6 is 0 Å². The Hall–Kier alpha value is -3.18. The van der Waals surface area contributed by atoms with Gasteiger partial charge in [-0.25, -0.2) is 0 Å². The molecule has 0 radical (unpaired) electrons. The van der Waals surface area contributed by atoms with Crippen LogP contribution in [0.1, 0.15) is 348 Å². The first-order valence-electron chi connectivity index (χ1n) is 34.8. The van der Waals surface area contributed by atoms with Crippen LogP contribution in [0.5, 0.6) is 0 Å². The summed E-state index contributed by atoms with van der Waals surface area (Å²) < 4.78 is 10.7. The molecule has 462 valence electrons. The van der Waals surface area contributed by atoms with Crippen LogP contribution in [0.25, 0.3) is 0 Å². The standard InChI is InChI=1S/C75H132O5/c1-3-5-7-9-11-13-15-17-19-21-23-25-27-29-30-31-32-33-34-35-36-37-38-39-40-41-42-43-44-46-47-49-51-53-55-57-59-61-63-65-67-69-74(77)79-72-73(71-76)80-75(78)70-68-66-64-62-60-58-56-54-52-50-48-45-28-26-24-22-20-18-16-14-12-10-8-6-4-2/h6,8,12,14-15,17-18,20-21,23-24,26,45,48,52,54,73,76H,3-5,7,9-11,13,16,19,22,25,27-44,46-47,49-51,53,55-72H2,1-2H3/b8-6-,14-12-,17-15-,20-18-,23-21-,26-24-,48-45-,54-52-. The van der Waals surface area contributed by atoms with Crippen molar-refractivity contribution in [3.05, 3.63) is 97.2 Å². The number of unbranched alkanes of at least 4 members (excludes halogenated alkanes) is 40. The van der Waals surface area contributed by atoms with E-state index < -0.39 is 6.10 Å². The maximum atomic E-state index is 12.3. The van der Waals surface area contributed by atoms with Gasteiger partial charge in [-0.15, -0.1) is 0 Å². The lowest BCUT2D eigenvalue weighted by atomic mass is 10.0. The van der Waals surface area contributed by atoms with E-state index in [9.17, 15) is 14.7 Å². The summed E-state index contributed by atoms with van der Waals surface area (Å²) in [6, 6.07) is 0. The van der Waals surface area contributed by atoms with Gasteiger partial charge in [0.25, 0.3) is 0 Å². The lowest BCUT2D eigenvalue weighted by molar-refractivity contribution is -0.161. The zero-order chi connectivity index (χ0) is 57.6.